The van der Waals surface area contributed by atoms with Gasteiger partial charge < -0.3 is 10.4 Å². The summed E-state index contributed by atoms with van der Waals surface area (Å²) in [6.45, 7) is 6.96. The molecule has 1 saturated heterocycles. The van der Waals surface area contributed by atoms with Crippen molar-refractivity contribution in [2.24, 2.45) is 0 Å². The number of amides is 1. The van der Waals surface area contributed by atoms with Crippen LogP contribution < -0.4 is 5.32 Å². The third-order valence-electron chi connectivity index (χ3n) is 2.95. The van der Waals surface area contributed by atoms with E-state index in [4.69, 9.17) is 0 Å². The molecule has 16 heavy (non-hydrogen) atoms. The minimum atomic E-state index is -1.28. The van der Waals surface area contributed by atoms with Crippen LogP contribution in [0.2, 0.25) is 0 Å². The Labute approximate surface area is 103 Å². The number of aliphatic hydroxyl groups is 1. The van der Waals surface area contributed by atoms with Crippen molar-refractivity contribution in [1.29, 1.82) is 0 Å². The van der Waals surface area contributed by atoms with Crippen LogP contribution in [0.4, 0.5) is 0 Å². The van der Waals surface area contributed by atoms with Crippen LogP contribution in [0.5, 0.6) is 0 Å². The van der Waals surface area contributed by atoms with Gasteiger partial charge in [0.05, 0.1) is 0 Å². The molecule has 1 fully saturated rings. The Morgan fingerprint density at radius 3 is 2.38 bits per heavy atom. The minimum absolute atomic E-state index is 0.183. The highest BCUT2D eigenvalue weighted by Crippen LogP contribution is 2.15. The average molecular weight is 246 g/mol. The van der Waals surface area contributed by atoms with E-state index in [9.17, 15) is 9.90 Å². The second kappa shape index (κ2) is 5.38. The van der Waals surface area contributed by atoms with Crippen LogP contribution in [0.25, 0.3) is 0 Å². The molecular formula is C11H22N2O2S. The first-order chi connectivity index (χ1) is 7.30. The molecule has 0 aromatic heterocycles. The molecule has 94 valence electrons. The maximum absolute atomic E-state index is 11.6. The number of hydrogen-bond donors (Lipinski definition) is 3. The zero-order valence-electron chi connectivity index (χ0n) is 10.2. The molecular weight excluding hydrogens is 224 g/mol. The number of likely N-dealkylation sites (tertiary alicyclic amines) is 1. The van der Waals surface area contributed by atoms with Crippen molar-refractivity contribution in [3.8, 4) is 0 Å². The second-order valence-corrected chi connectivity index (χ2v) is 5.72. The molecule has 0 aromatic rings. The molecule has 1 atom stereocenters. The van der Waals surface area contributed by atoms with Crippen LogP contribution in [-0.4, -0.2) is 46.0 Å². The van der Waals surface area contributed by atoms with Gasteiger partial charge in [-0.15, -0.1) is 0 Å². The highest BCUT2D eigenvalue weighted by Gasteiger charge is 2.28. The van der Waals surface area contributed by atoms with Crippen LogP contribution in [0.1, 0.15) is 33.6 Å². The molecule has 1 aliphatic heterocycles. The van der Waals surface area contributed by atoms with Gasteiger partial charge in [-0.1, -0.05) is 0 Å². The summed E-state index contributed by atoms with van der Waals surface area (Å²) in [6, 6.07) is 0.183. The van der Waals surface area contributed by atoms with Gasteiger partial charge in [0.15, 0.2) is 0 Å². The first-order valence-electron chi connectivity index (χ1n) is 5.76. The quantitative estimate of drug-likeness (QED) is 0.640. The first kappa shape index (κ1) is 13.8. The summed E-state index contributed by atoms with van der Waals surface area (Å²) in [7, 11) is 0. The smallest absolute Gasteiger partial charge is 0.251 e. The van der Waals surface area contributed by atoms with Gasteiger partial charge in [0, 0.05) is 24.5 Å². The molecule has 1 aliphatic rings. The number of rotatable bonds is 3. The molecule has 2 N–H and O–H groups in total. The lowest BCUT2D eigenvalue weighted by molar-refractivity contribution is -0.137. The second-order valence-electron chi connectivity index (χ2n) is 4.97. The number of thiol groups is 1. The van der Waals surface area contributed by atoms with Gasteiger partial charge in [-0.2, -0.15) is 12.6 Å². The lowest BCUT2D eigenvalue weighted by Gasteiger charge is -2.35. The fraction of sp³-hybridized carbons (Fsp3) is 0.909. The van der Waals surface area contributed by atoms with Crippen molar-refractivity contribution in [1.82, 2.24) is 10.2 Å². The summed E-state index contributed by atoms with van der Waals surface area (Å²) in [5.74, 6) is -0.287. The maximum Gasteiger partial charge on any atom is 0.251 e. The Bertz CT molecular complexity index is 243. The number of hydrogen-bond acceptors (Lipinski definition) is 4. The Morgan fingerprint density at radius 1 is 1.50 bits per heavy atom. The van der Waals surface area contributed by atoms with Crippen molar-refractivity contribution in [2.75, 3.05) is 13.1 Å². The van der Waals surface area contributed by atoms with Gasteiger partial charge in [-0.05, 0) is 33.6 Å². The van der Waals surface area contributed by atoms with E-state index in [1.807, 2.05) is 0 Å². The SMILES string of the molecule is CC(S)N1CCC(NC(=O)C(C)(C)O)CC1. The van der Waals surface area contributed by atoms with E-state index in [-0.39, 0.29) is 17.3 Å². The first-order valence-corrected chi connectivity index (χ1v) is 6.28. The molecule has 0 saturated carbocycles. The largest absolute Gasteiger partial charge is 0.381 e. The molecule has 0 aromatic carbocycles. The Kier molecular flexibility index (Phi) is 4.64. The zero-order chi connectivity index (χ0) is 12.3. The highest BCUT2D eigenvalue weighted by atomic mass is 32.1. The molecule has 0 bridgehead atoms. The van der Waals surface area contributed by atoms with E-state index in [2.05, 4.69) is 29.8 Å². The van der Waals surface area contributed by atoms with Crippen molar-refractivity contribution < 1.29 is 9.90 Å². The highest BCUT2D eigenvalue weighted by molar-refractivity contribution is 7.80. The minimum Gasteiger partial charge on any atom is -0.381 e. The van der Waals surface area contributed by atoms with Crippen molar-refractivity contribution >= 4 is 18.5 Å². The van der Waals surface area contributed by atoms with E-state index < -0.39 is 5.60 Å². The van der Waals surface area contributed by atoms with Crippen LogP contribution in [0, 0.1) is 0 Å². The van der Waals surface area contributed by atoms with Gasteiger partial charge in [0.25, 0.3) is 5.91 Å². The molecule has 0 aliphatic carbocycles. The number of carbonyl (C=O) groups excluding carboxylic acids is 1. The lowest BCUT2D eigenvalue weighted by Crippen LogP contribution is -2.51. The standard InChI is InChI=1S/C11H22N2O2S/c1-8(16)13-6-4-9(5-7-13)12-10(14)11(2,3)15/h8-9,15-16H,4-7H2,1-3H3,(H,12,14). The zero-order valence-corrected chi connectivity index (χ0v) is 11.1. The lowest BCUT2D eigenvalue weighted by atomic mass is 10.0. The molecule has 0 spiro atoms. The monoisotopic (exact) mass is 246 g/mol. The van der Waals surface area contributed by atoms with E-state index >= 15 is 0 Å². The summed E-state index contributed by atoms with van der Waals surface area (Å²) >= 11 is 4.38. The molecule has 0 radical (unpaired) electrons. The van der Waals surface area contributed by atoms with E-state index in [1.54, 1.807) is 0 Å². The number of piperidine rings is 1. The molecule has 1 unspecified atom stereocenters. The Hall–Kier alpha value is -0.260. The number of nitrogens with one attached hydrogen (secondary N) is 1. The van der Waals surface area contributed by atoms with Crippen LogP contribution >= 0.6 is 12.6 Å². The Balaban J connectivity index is 2.35. The van der Waals surface area contributed by atoms with E-state index in [1.165, 1.54) is 13.8 Å². The molecule has 1 heterocycles. The van der Waals surface area contributed by atoms with Crippen LogP contribution in [0.15, 0.2) is 0 Å². The summed E-state index contributed by atoms with van der Waals surface area (Å²) in [6.07, 6.45) is 1.85. The molecule has 1 rings (SSSR count). The summed E-state index contributed by atoms with van der Waals surface area (Å²) < 4.78 is 0. The van der Waals surface area contributed by atoms with Gasteiger partial charge >= 0.3 is 0 Å². The third kappa shape index (κ3) is 3.96. The average Bonchev–Trinajstić information content (AvgIpc) is 2.17. The summed E-state index contributed by atoms with van der Waals surface area (Å²) in [5, 5.41) is 12.7. The fourth-order valence-electron chi connectivity index (χ4n) is 1.78. The number of nitrogens with zero attached hydrogens (tertiary/aromatic N) is 1. The van der Waals surface area contributed by atoms with Gasteiger partial charge in [-0.25, -0.2) is 0 Å². The van der Waals surface area contributed by atoms with E-state index in [0.717, 1.165) is 25.9 Å². The summed E-state index contributed by atoms with van der Waals surface area (Å²) in [4.78, 5) is 13.8. The van der Waals surface area contributed by atoms with Crippen LogP contribution in [-0.2, 0) is 4.79 Å². The molecule has 5 heteroatoms. The Morgan fingerprint density at radius 2 is 2.00 bits per heavy atom. The molecule has 4 nitrogen and oxygen atoms in total. The number of carbonyl (C=O) groups is 1. The van der Waals surface area contributed by atoms with E-state index in [0.29, 0.717) is 0 Å². The topological polar surface area (TPSA) is 52.6 Å². The molecule has 1 amide bonds. The van der Waals surface area contributed by atoms with Crippen molar-refractivity contribution in [2.45, 2.75) is 50.6 Å². The van der Waals surface area contributed by atoms with Gasteiger partial charge in [0.2, 0.25) is 0 Å². The fourth-order valence-corrected chi connectivity index (χ4v) is 2.01. The maximum atomic E-state index is 11.6. The predicted molar refractivity (Wildman–Crippen MR) is 67.5 cm³/mol. The van der Waals surface area contributed by atoms with Crippen molar-refractivity contribution in [3.05, 3.63) is 0 Å². The van der Waals surface area contributed by atoms with Gasteiger partial charge in [0.1, 0.15) is 5.60 Å². The summed E-state index contributed by atoms with van der Waals surface area (Å²) in [5.41, 5.74) is -1.28. The normalized spacial score (nSPS) is 21.8. The van der Waals surface area contributed by atoms with Crippen molar-refractivity contribution in [3.63, 3.8) is 0 Å². The third-order valence-corrected chi connectivity index (χ3v) is 3.28. The van der Waals surface area contributed by atoms with Crippen LogP contribution in [0.3, 0.4) is 0 Å². The predicted octanol–water partition coefficient (Wildman–Crippen LogP) is 0.614. The van der Waals surface area contributed by atoms with Gasteiger partial charge in [-0.3, -0.25) is 9.69 Å².